The van der Waals surface area contributed by atoms with E-state index in [0.29, 0.717) is 13.1 Å². The lowest BCUT2D eigenvalue weighted by Crippen LogP contribution is -2.36. The minimum absolute atomic E-state index is 0.546. The Kier molecular flexibility index (Phi) is 6.62. The van der Waals surface area contributed by atoms with Crippen LogP contribution in [-0.2, 0) is 13.1 Å². The molecule has 28 heavy (non-hydrogen) atoms. The van der Waals surface area contributed by atoms with Crippen molar-refractivity contribution in [2.75, 3.05) is 13.7 Å². The summed E-state index contributed by atoms with van der Waals surface area (Å²) < 4.78 is 7.36. The molecular weight excluding hydrogens is 352 g/mol. The maximum absolute atomic E-state index is 5.48. The summed E-state index contributed by atoms with van der Waals surface area (Å²) in [5.74, 6) is 2.46. The molecule has 1 aromatic carbocycles. The smallest absolute Gasteiger partial charge is 0.191 e. The largest absolute Gasteiger partial charge is 0.496 e. The van der Waals surface area contributed by atoms with Crippen molar-refractivity contribution in [3.63, 3.8) is 0 Å². The highest BCUT2D eigenvalue weighted by molar-refractivity contribution is 5.79. The maximum atomic E-state index is 5.48. The Morgan fingerprint density at radius 2 is 2.07 bits per heavy atom. The average molecular weight is 378 g/mol. The second-order valence-electron chi connectivity index (χ2n) is 6.36. The number of pyridine rings is 1. The van der Waals surface area contributed by atoms with Crippen LogP contribution in [0.4, 0.5) is 0 Å². The van der Waals surface area contributed by atoms with E-state index in [1.165, 1.54) is 5.56 Å². The minimum Gasteiger partial charge on any atom is -0.496 e. The molecule has 0 bridgehead atoms. The number of imidazole rings is 1. The number of guanidine groups is 1. The van der Waals surface area contributed by atoms with Crippen LogP contribution in [0.5, 0.6) is 5.75 Å². The van der Waals surface area contributed by atoms with Crippen molar-refractivity contribution in [3.05, 3.63) is 71.9 Å². The van der Waals surface area contributed by atoms with Crippen molar-refractivity contribution in [2.45, 2.75) is 26.9 Å². The number of hydrogen-bond acceptors (Lipinski definition) is 4. The predicted octanol–water partition coefficient (Wildman–Crippen LogP) is 2.84. The van der Waals surface area contributed by atoms with Crippen molar-refractivity contribution in [1.29, 1.82) is 0 Å². The van der Waals surface area contributed by atoms with E-state index in [9.17, 15) is 0 Å². The number of ether oxygens (including phenoxy) is 1. The number of aryl methyl sites for hydroxylation is 1. The van der Waals surface area contributed by atoms with Gasteiger partial charge in [-0.1, -0.05) is 12.1 Å². The van der Waals surface area contributed by atoms with Crippen LogP contribution in [0, 0.1) is 6.92 Å². The monoisotopic (exact) mass is 378 g/mol. The molecule has 7 nitrogen and oxygen atoms in total. The molecule has 0 aliphatic rings. The highest BCUT2D eigenvalue weighted by Crippen LogP contribution is 2.19. The fraction of sp³-hybridized carbons (Fsp3) is 0.286. The van der Waals surface area contributed by atoms with Gasteiger partial charge in [0.15, 0.2) is 5.96 Å². The molecule has 7 heteroatoms. The van der Waals surface area contributed by atoms with Crippen molar-refractivity contribution >= 4 is 5.96 Å². The Bertz CT molecular complexity index is 920. The number of benzene rings is 1. The summed E-state index contributed by atoms with van der Waals surface area (Å²) in [5.41, 5.74) is 3.33. The van der Waals surface area contributed by atoms with Crippen LogP contribution >= 0.6 is 0 Å². The molecule has 3 aromatic rings. The first-order valence-corrected chi connectivity index (χ1v) is 9.28. The average Bonchev–Trinajstić information content (AvgIpc) is 3.26. The molecular formula is C21H26N6O. The zero-order valence-electron chi connectivity index (χ0n) is 16.5. The Morgan fingerprint density at radius 1 is 1.18 bits per heavy atom. The van der Waals surface area contributed by atoms with Crippen LogP contribution in [0.1, 0.15) is 23.6 Å². The zero-order valence-corrected chi connectivity index (χ0v) is 16.5. The van der Waals surface area contributed by atoms with Gasteiger partial charge in [0.05, 0.1) is 13.7 Å². The molecule has 2 aromatic heterocycles. The Hall–Kier alpha value is -3.35. The Labute approximate surface area is 165 Å². The lowest BCUT2D eigenvalue weighted by Gasteiger charge is -2.14. The number of methoxy groups -OCH3 is 1. The van der Waals surface area contributed by atoms with Gasteiger partial charge in [0.25, 0.3) is 0 Å². The van der Waals surface area contributed by atoms with Gasteiger partial charge < -0.3 is 15.4 Å². The summed E-state index contributed by atoms with van der Waals surface area (Å²) in [6.45, 7) is 6.06. The first-order chi connectivity index (χ1) is 13.7. The first-order valence-electron chi connectivity index (χ1n) is 9.28. The lowest BCUT2D eigenvalue weighted by molar-refractivity contribution is 0.408. The fourth-order valence-corrected chi connectivity index (χ4v) is 2.78. The van der Waals surface area contributed by atoms with Gasteiger partial charge >= 0.3 is 0 Å². The van der Waals surface area contributed by atoms with Crippen LogP contribution in [0.3, 0.4) is 0 Å². The molecule has 0 fully saturated rings. The third-order valence-electron chi connectivity index (χ3n) is 4.23. The summed E-state index contributed by atoms with van der Waals surface area (Å²) in [4.78, 5) is 13.1. The van der Waals surface area contributed by atoms with E-state index in [2.05, 4.69) is 39.7 Å². The van der Waals surface area contributed by atoms with Crippen molar-refractivity contribution in [3.8, 4) is 11.6 Å². The molecule has 0 saturated heterocycles. The quantitative estimate of drug-likeness (QED) is 0.488. The number of aliphatic imine (C=N–C) groups is 1. The van der Waals surface area contributed by atoms with Gasteiger partial charge in [-0.3, -0.25) is 4.57 Å². The summed E-state index contributed by atoms with van der Waals surface area (Å²) in [6.07, 6.45) is 7.13. The van der Waals surface area contributed by atoms with Gasteiger partial charge in [-0.25, -0.2) is 15.0 Å². The fourth-order valence-electron chi connectivity index (χ4n) is 2.78. The van der Waals surface area contributed by atoms with Crippen LogP contribution in [0.2, 0.25) is 0 Å². The molecule has 2 N–H and O–H groups in total. The third kappa shape index (κ3) is 5.09. The topological polar surface area (TPSA) is 76.4 Å². The van der Waals surface area contributed by atoms with Gasteiger partial charge in [-0.15, -0.1) is 0 Å². The number of nitrogens with zero attached hydrogens (tertiary/aromatic N) is 4. The van der Waals surface area contributed by atoms with Crippen molar-refractivity contribution in [1.82, 2.24) is 25.2 Å². The summed E-state index contributed by atoms with van der Waals surface area (Å²) in [7, 11) is 1.69. The number of nitrogens with one attached hydrogen (secondary N) is 2. The second-order valence-corrected chi connectivity index (χ2v) is 6.36. The SMILES string of the molecule is CCNC(=NCc1ccnc(-n2ccnc2)c1)NCc1ccc(C)cc1OC. The van der Waals surface area contributed by atoms with E-state index in [1.807, 2.05) is 35.9 Å². The van der Waals surface area contributed by atoms with Gasteiger partial charge in [-0.2, -0.15) is 0 Å². The Balaban J connectivity index is 1.69. The van der Waals surface area contributed by atoms with Crippen LogP contribution in [0.15, 0.2) is 60.2 Å². The summed E-state index contributed by atoms with van der Waals surface area (Å²) in [6, 6.07) is 10.2. The lowest BCUT2D eigenvalue weighted by atomic mass is 10.1. The molecule has 0 aliphatic carbocycles. The molecule has 0 saturated carbocycles. The van der Waals surface area contributed by atoms with Crippen molar-refractivity contribution < 1.29 is 4.74 Å². The molecule has 0 atom stereocenters. The van der Waals surface area contributed by atoms with E-state index in [-0.39, 0.29) is 0 Å². The zero-order chi connectivity index (χ0) is 19.8. The third-order valence-corrected chi connectivity index (χ3v) is 4.23. The molecule has 3 rings (SSSR count). The molecule has 0 radical (unpaired) electrons. The summed E-state index contributed by atoms with van der Waals surface area (Å²) >= 11 is 0. The molecule has 0 amide bonds. The molecule has 146 valence electrons. The number of hydrogen-bond donors (Lipinski definition) is 2. The maximum Gasteiger partial charge on any atom is 0.191 e. The predicted molar refractivity (Wildman–Crippen MR) is 111 cm³/mol. The van der Waals surface area contributed by atoms with E-state index in [4.69, 9.17) is 9.73 Å². The molecule has 0 aliphatic heterocycles. The van der Waals surface area contributed by atoms with Gasteiger partial charge in [0.1, 0.15) is 17.9 Å². The molecule has 2 heterocycles. The first kappa shape index (κ1) is 19.4. The van der Waals surface area contributed by atoms with Crippen LogP contribution in [0.25, 0.3) is 5.82 Å². The number of aromatic nitrogens is 3. The highest BCUT2D eigenvalue weighted by atomic mass is 16.5. The minimum atomic E-state index is 0.546. The van der Waals surface area contributed by atoms with Gasteiger partial charge in [-0.05, 0) is 43.2 Å². The standard InChI is InChI=1S/C21H26N6O/c1-4-23-21(26-14-18-6-5-16(2)11-19(18)28-3)25-13-17-7-8-24-20(12-17)27-10-9-22-15-27/h5-12,15H,4,13-14H2,1-3H3,(H2,23,25,26). The molecule has 0 spiro atoms. The highest BCUT2D eigenvalue weighted by Gasteiger charge is 2.05. The van der Waals surface area contributed by atoms with Crippen LogP contribution < -0.4 is 15.4 Å². The van der Waals surface area contributed by atoms with Crippen molar-refractivity contribution in [2.24, 2.45) is 4.99 Å². The Morgan fingerprint density at radius 3 is 2.82 bits per heavy atom. The van der Waals surface area contributed by atoms with E-state index < -0.39 is 0 Å². The van der Waals surface area contributed by atoms with E-state index in [1.54, 1.807) is 25.8 Å². The second kappa shape index (κ2) is 9.55. The van der Waals surface area contributed by atoms with Gasteiger partial charge in [0, 0.05) is 37.2 Å². The van der Waals surface area contributed by atoms with E-state index in [0.717, 1.165) is 35.2 Å². The number of rotatable bonds is 7. The van der Waals surface area contributed by atoms with Gasteiger partial charge in [0.2, 0.25) is 0 Å². The normalized spacial score (nSPS) is 11.3. The summed E-state index contributed by atoms with van der Waals surface area (Å²) in [5, 5.41) is 6.65. The van der Waals surface area contributed by atoms with Crippen LogP contribution in [-0.4, -0.2) is 34.1 Å². The molecule has 0 unspecified atom stereocenters. The van der Waals surface area contributed by atoms with E-state index >= 15 is 0 Å².